The monoisotopic (exact) mass is 458 g/mol. The van der Waals surface area contributed by atoms with Crippen LogP contribution in [0.1, 0.15) is 46.5 Å². The predicted octanol–water partition coefficient (Wildman–Crippen LogP) is 2.98. The van der Waals surface area contributed by atoms with Gasteiger partial charge in [0.1, 0.15) is 16.9 Å². The quantitative estimate of drug-likeness (QED) is 0.753. The minimum atomic E-state index is -0.513. The Morgan fingerprint density at radius 1 is 1.15 bits per heavy atom. The first-order valence-corrected chi connectivity index (χ1v) is 11.7. The number of nitrogens with one attached hydrogen (secondary N) is 1. The van der Waals surface area contributed by atoms with Crippen LogP contribution < -0.4 is 20.5 Å². The fourth-order valence-corrected chi connectivity index (χ4v) is 4.41. The molecule has 1 saturated heterocycles. The van der Waals surface area contributed by atoms with Crippen LogP contribution in [0.25, 0.3) is 11.0 Å². The van der Waals surface area contributed by atoms with Gasteiger partial charge in [0, 0.05) is 37.9 Å². The zero-order valence-electron chi connectivity index (χ0n) is 19.9. The third-order valence-electron chi connectivity index (χ3n) is 6.08. The molecule has 1 saturated carbocycles. The van der Waals surface area contributed by atoms with Crippen molar-refractivity contribution < 1.29 is 19.0 Å². The molecule has 1 aromatic heterocycles. The molecule has 1 aromatic carbocycles. The first-order chi connectivity index (χ1) is 15.7. The molecular weight excluding hydrogens is 424 g/mol. The van der Waals surface area contributed by atoms with E-state index in [2.05, 4.69) is 15.2 Å². The van der Waals surface area contributed by atoms with Crippen molar-refractivity contribution >= 4 is 22.8 Å². The highest BCUT2D eigenvalue weighted by Gasteiger charge is 2.27. The molecule has 0 radical (unpaired) electrons. The Kier molecular flexibility index (Phi) is 6.78. The van der Waals surface area contributed by atoms with Gasteiger partial charge in [-0.25, -0.2) is 9.78 Å². The van der Waals surface area contributed by atoms with E-state index >= 15 is 0 Å². The standard InChI is InChI=1S/C24H34N4O5/c1-24(2,3)33-23(30)26-16-5-7-18(8-6-16)32-20-14-17(28-9-11-31-12-10-28)13-19-22(20)27(4)21(29)15-25-19/h13-16,18H,5-12H2,1-4H3,(H,26,30). The molecule has 2 heterocycles. The van der Waals surface area contributed by atoms with Gasteiger partial charge in [0.05, 0.1) is 31.0 Å². The molecule has 9 nitrogen and oxygen atoms in total. The molecule has 180 valence electrons. The summed E-state index contributed by atoms with van der Waals surface area (Å²) in [5.41, 5.74) is 1.77. The van der Waals surface area contributed by atoms with E-state index in [0.717, 1.165) is 50.0 Å². The largest absolute Gasteiger partial charge is 0.488 e. The van der Waals surface area contributed by atoms with Gasteiger partial charge in [-0.2, -0.15) is 0 Å². The number of fused-ring (bicyclic) bond motifs is 1. The Labute approximate surface area is 194 Å². The molecule has 2 aromatic rings. The molecule has 0 atom stereocenters. The van der Waals surface area contributed by atoms with Crippen LogP contribution in [0.3, 0.4) is 0 Å². The van der Waals surface area contributed by atoms with Gasteiger partial charge < -0.3 is 29.0 Å². The molecule has 2 aliphatic rings. The molecule has 4 rings (SSSR count). The van der Waals surface area contributed by atoms with E-state index in [1.54, 1.807) is 11.6 Å². The number of nitrogens with zero attached hydrogens (tertiary/aromatic N) is 3. The number of carbonyl (C=O) groups excluding carboxylic acids is 1. The van der Waals surface area contributed by atoms with E-state index in [9.17, 15) is 9.59 Å². The molecule has 1 aliphatic heterocycles. The van der Waals surface area contributed by atoms with Crippen molar-refractivity contribution in [3.05, 3.63) is 28.7 Å². The van der Waals surface area contributed by atoms with E-state index in [4.69, 9.17) is 14.2 Å². The summed E-state index contributed by atoms with van der Waals surface area (Å²) in [7, 11) is 1.75. The van der Waals surface area contributed by atoms with Crippen molar-refractivity contribution in [3.8, 4) is 5.75 Å². The summed E-state index contributed by atoms with van der Waals surface area (Å²) in [5, 5.41) is 2.97. The summed E-state index contributed by atoms with van der Waals surface area (Å²) in [6.07, 6.45) is 4.19. The molecule has 1 aliphatic carbocycles. The third kappa shape index (κ3) is 5.76. The molecule has 0 bridgehead atoms. The van der Waals surface area contributed by atoms with Gasteiger partial charge in [-0.1, -0.05) is 0 Å². The second-order valence-electron chi connectivity index (χ2n) is 9.80. The van der Waals surface area contributed by atoms with E-state index in [1.165, 1.54) is 6.20 Å². The molecule has 0 spiro atoms. The smallest absolute Gasteiger partial charge is 0.407 e. The lowest BCUT2D eigenvalue weighted by Crippen LogP contribution is -2.42. The maximum absolute atomic E-state index is 12.3. The summed E-state index contributed by atoms with van der Waals surface area (Å²) in [4.78, 5) is 31.0. The zero-order valence-corrected chi connectivity index (χ0v) is 19.9. The number of aromatic nitrogens is 2. The first kappa shape index (κ1) is 23.4. The fraction of sp³-hybridized carbons (Fsp3) is 0.625. The number of carbonyl (C=O) groups is 1. The number of amides is 1. The lowest BCUT2D eigenvalue weighted by molar-refractivity contribution is 0.0471. The van der Waals surface area contributed by atoms with Gasteiger partial charge in [0.15, 0.2) is 0 Å². The molecule has 33 heavy (non-hydrogen) atoms. The second kappa shape index (κ2) is 9.59. The summed E-state index contributed by atoms with van der Waals surface area (Å²) < 4.78 is 18.9. The van der Waals surface area contributed by atoms with E-state index in [-0.39, 0.29) is 23.8 Å². The number of anilines is 1. The number of benzene rings is 1. The van der Waals surface area contributed by atoms with Crippen LogP contribution in [0.15, 0.2) is 23.1 Å². The normalized spacial score (nSPS) is 21.6. The number of rotatable bonds is 4. The van der Waals surface area contributed by atoms with E-state index in [0.29, 0.717) is 24.5 Å². The number of ether oxygens (including phenoxy) is 3. The van der Waals surface area contributed by atoms with Gasteiger partial charge in [0.2, 0.25) is 0 Å². The van der Waals surface area contributed by atoms with Crippen molar-refractivity contribution in [1.29, 1.82) is 0 Å². The summed E-state index contributed by atoms with van der Waals surface area (Å²) in [6.45, 7) is 8.54. The van der Waals surface area contributed by atoms with Gasteiger partial charge >= 0.3 is 6.09 Å². The molecule has 0 unspecified atom stereocenters. The van der Waals surface area contributed by atoms with Crippen molar-refractivity contribution in [1.82, 2.24) is 14.9 Å². The second-order valence-corrected chi connectivity index (χ2v) is 9.80. The first-order valence-electron chi connectivity index (χ1n) is 11.7. The van der Waals surface area contributed by atoms with E-state index in [1.807, 2.05) is 32.9 Å². The summed E-state index contributed by atoms with van der Waals surface area (Å²) >= 11 is 0. The molecule has 2 fully saturated rings. The van der Waals surface area contributed by atoms with Gasteiger partial charge in [-0.05, 0) is 52.5 Å². The van der Waals surface area contributed by atoms with Crippen molar-refractivity contribution in [2.24, 2.45) is 7.05 Å². The maximum Gasteiger partial charge on any atom is 0.407 e. The van der Waals surface area contributed by atoms with Crippen LogP contribution >= 0.6 is 0 Å². The van der Waals surface area contributed by atoms with Crippen LogP contribution in [0, 0.1) is 0 Å². The highest BCUT2D eigenvalue weighted by molar-refractivity contribution is 5.86. The van der Waals surface area contributed by atoms with Crippen molar-refractivity contribution in [2.45, 2.75) is 64.2 Å². The number of hydrogen-bond donors (Lipinski definition) is 1. The Morgan fingerprint density at radius 2 is 1.85 bits per heavy atom. The summed E-state index contributed by atoms with van der Waals surface area (Å²) in [6, 6.07) is 4.09. The van der Waals surface area contributed by atoms with Crippen LogP contribution in [0.4, 0.5) is 10.5 Å². The third-order valence-corrected chi connectivity index (χ3v) is 6.08. The Hall–Kier alpha value is -2.81. The van der Waals surface area contributed by atoms with Gasteiger partial charge in [-0.3, -0.25) is 4.79 Å². The average molecular weight is 459 g/mol. The maximum atomic E-state index is 12.3. The number of hydrogen-bond acceptors (Lipinski definition) is 7. The van der Waals surface area contributed by atoms with Crippen LogP contribution in [-0.2, 0) is 16.5 Å². The molecular formula is C24H34N4O5. The highest BCUT2D eigenvalue weighted by atomic mass is 16.6. The minimum Gasteiger partial charge on any atom is -0.488 e. The number of morpholine rings is 1. The lowest BCUT2D eigenvalue weighted by atomic mass is 9.93. The van der Waals surface area contributed by atoms with Crippen LogP contribution in [-0.4, -0.2) is 59.7 Å². The van der Waals surface area contributed by atoms with Crippen LogP contribution in [0.5, 0.6) is 5.75 Å². The SMILES string of the molecule is Cn1c(=O)cnc2cc(N3CCOCC3)cc(OC3CCC(NC(=O)OC(C)(C)C)CC3)c21. The zero-order chi connectivity index (χ0) is 23.6. The fourth-order valence-electron chi connectivity index (χ4n) is 4.41. The predicted molar refractivity (Wildman–Crippen MR) is 126 cm³/mol. The Balaban J connectivity index is 1.49. The van der Waals surface area contributed by atoms with E-state index < -0.39 is 5.60 Å². The average Bonchev–Trinajstić information content (AvgIpc) is 2.77. The highest BCUT2D eigenvalue weighted by Crippen LogP contribution is 2.33. The molecule has 1 N–H and O–H groups in total. The molecule has 1 amide bonds. The van der Waals surface area contributed by atoms with Gasteiger partial charge in [0.25, 0.3) is 5.56 Å². The Morgan fingerprint density at radius 3 is 2.52 bits per heavy atom. The topological polar surface area (TPSA) is 94.9 Å². The molecule has 9 heteroatoms. The minimum absolute atomic E-state index is 0.000124. The van der Waals surface area contributed by atoms with Crippen molar-refractivity contribution in [2.75, 3.05) is 31.2 Å². The van der Waals surface area contributed by atoms with Crippen LogP contribution in [0.2, 0.25) is 0 Å². The lowest BCUT2D eigenvalue weighted by Gasteiger charge is -2.32. The van der Waals surface area contributed by atoms with Gasteiger partial charge in [-0.15, -0.1) is 0 Å². The number of aryl methyl sites for hydroxylation is 1. The van der Waals surface area contributed by atoms with Crippen molar-refractivity contribution in [3.63, 3.8) is 0 Å². The summed E-state index contributed by atoms with van der Waals surface area (Å²) in [5.74, 6) is 0.672. The Bertz CT molecular complexity index is 1050. The number of alkyl carbamates (subject to hydrolysis) is 1.